The molecular formula is C21H23N5O3S. The number of aromatic nitrogens is 1. The number of carbonyl (C=O) groups excluding carboxylic acids is 2. The lowest BCUT2D eigenvalue weighted by Crippen LogP contribution is -2.39. The van der Waals surface area contributed by atoms with E-state index in [0.717, 1.165) is 16.3 Å². The molecular weight excluding hydrogens is 402 g/mol. The van der Waals surface area contributed by atoms with Crippen molar-refractivity contribution in [3.63, 3.8) is 0 Å². The normalized spacial score (nSPS) is 11.6. The Bertz CT molecular complexity index is 1020. The number of aryl methyl sites for hydroxylation is 1. The van der Waals surface area contributed by atoms with Crippen molar-refractivity contribution in [2.75, 3.05) is 17.2 Å². The molecule has 6 N–H and O–H groups in total. The minimum atomic E-state index is -0.744. The number of carbonyl (C=O) groups is 2. The summed E-state index contributed by atoms with van der Waals surface area (Å²) in [5.41, 5.74) is 14.3. The quantitative estimate of drug-likeness (QED) is 0.395. The monoisotopic (exact) mass is 425 g/mol. The fourth-order valence-corrected chi connectivity index (χ4v) is 3.45. The highest BCUT2D eigenvalue weighted by Gasteiger charge is 2.17. The van der Waals surface area contributed by atoms with Crippen LogP contribution in [-0.2, 0) is 16.1 Å². The second kappa shape index (κ2) is 9.86. The second-order valence-electron chi connectivity index (χ2n) is 6.68. The van der Waals surface area contributed by atoms with Gasteiger partial charge in [-0.1, -0.05) is 30.3 Å². The van der Waals surface area contributed by atoms with Gasteiger partial charge in [0.05, 0.1) is 30.2 Å². The van der Waals surface area contributed by atoms with Crippen LogP contribution in [-0.4, -0.2) is 28.8 Å². The number of nitrogens with one attached hydrogen (secondary N) is 2. The van der Waals surface area contributed by atoms with Crippen LogP contribution in [0.3, 0.4) is 0 Å². The third kappa shape index (κ3) is 5.79. The fraction of sp³-hybridized carbons (Fsp3) is 0.190. The van der Waals surface area contributed by atoms with Crippen molar-refractivity contribution in [2.24, 2.45) is 11.5 Å². The predicted molar refractivity (Wildman–Crippen MR) is 118 cm³/mol. The van der Waals surface area contributed by atoms with E-state index in [4.69, 9.17) is 16.2 Å². The van der Waals surface area contributed by atoms with Crippen molar-refractivity contribution < 1.29 is 14.3 Å². The molecule has 2 amide bonds. The van der Waals surface area contributed by atoms with E-state index >= 15 is 0 Å². The van der Waals surface area contributed by atoms with Crippen LogP contribution in [0.25, 0.3) is 0 Å². The summed E-state index contributed by atoms with van der Waals surface area (Å²) >= 11 is 1.27. The van der Waals surface area contributed by atoms with Crippen molar-refractivity contribution in [3.05, 3.63) is 71.4 Å². The fourth-order valence-electron chi connectivity index (χ4n) is 2.77. The molecule has 3 aromatic rings. The molecule has 0 aliphatic carbocycles. The average Bonchev–Trinajstić information content (AvgIpc) is 3.12. The molecule has 0 fully saturated rings. The molecule has 1 atom stereocenters. The minimum absolute atomic E-state index is 0.0958. The zero-order valence-electron chi connectivity index (χ0n) is 16.4. The lowest BCUT2D eigenvalue weighted by molar-refractivity contribution is -0.120. The van der Waals surface area contributed by atoms with Crippen molar-refractivity contribution in [1.82, 2.24) is 4.37 Å². The van der Waals surface area contributed by atoms with E-state index in [2.05, 4.69) is 15.0 Å². The number of hydrogen-bond donors (Lipinski definition) is 4. The summed E-state index contributed by atoms with van der Waals surface area (Å²) in [5.74, 6) is -1.11. The Hall–Kier alpha value is -3.43. The zero-order valence-corrected chi connectivity index (χ0v) is 17.2. The van der Waals surface area contributed by atoms with Crippen LogP contribution in [0, 0.1) is 6.92 Å². The number of ether oxygens (including phenoxy) is 1. The Labute approximate surface area is 178 Å². The average molecular weight is 426 g/mol. The molecule has 0 spiro atoms. The summed E-state index contributed by atoms with van der Waals surface area (Å²) in [6.07, 6.45) is 0. The molecule has 8 nitrogen and oxygen atoms in total. The van der Waals surface area contributed by atoms with Gasteiger partial charge in [-0.05, 0) is 48.3 Å². The number of rotatable bonds is 10. The Kier molecular flexibility index (Phi) is 6.99. The topological polar surface area (TPSA) is 132 Å². The molecule has 3 rings (SSSR count). The molecule has 2 aromatic carbocycles. The first-order chi connectivity index (χ1) is 14.4. The Morgan fingerprint density at radius 1 is 1.13 bits per heavy atom. The van der Waals surface area contributed by atoms with Gasteiger partial charge in [-0.25, -0.2) is 0 Å². The van der Waals surface area contributed by atoms with Crippen LogP contribution in [0.4, 0.5) is 16.4 Å². The highest BCUT2D eigenvalue weighted by molar-refractivity contribution is 7.10. The molecule has 0 aliphatic rings. The van der Waals surface area contributed by atoms with E-state index in [-0.39, 0.29) is 6.61 Å². The summed E-state index contributed by atoms with van der Waals surface area (Å²) in [6, 6.07) is 15.7. The zero-order chi connectivity index (χ0) is 21.5. The molecule has 30 heavy (non-hydrogen) atoms. The van der Waals surface area contributed by atoms with E-state index in [1.54, 1.807) is 18.2 Å². The molecule has 9 heteroatoms. The lowest BCUT2D eigenvalue weighted by atomic mass is 10.1. The number of anilines is 3. The molecule has 1 unspecified atom stereocenters. The van der Waals surface area contributed by atoms with Gasteiger partial charge >= 0.3 is 0 Å². The molecule has 0 radical (unpaired) electrons. The second-order valence-corrected chi connectivity index (χ2v) is 7.49. The van der Waals surface area contributed by atoms with Crippen LogP contribution in [0.5, 0.6) is 0 Å². The minimum Gasteiger partial charge on any atom is -0.374 e. The first kappa shape index (κ1) is 21.3. The highest BCUT2D eigenvalue weighted by atomic mass is 32.1. The number of nitrogens with zero attached hydrogens (tertiary/aromatic N) is 1. The van der Waals surface area contributed by atoms with Crippen LogP contribution >= 0.6 is 11.5 Å². The largest absolute Gasteiger partial charge is 0.374 e. The van der Waals surface area contributed by atoms with Gasteiger partial charge in [0.2, 0.25) is 5.91 Å². The smallest absolute Gasteiger partial charge is 0.250 e. The number of amides is 2. The maximum absolute atomic E-state index is 11.9. The van der Waals surface area contributed by atoms with Gasteiger partial charge in [0.15, 0.2) is 0 Å². The van der Waals surface area contributed by atoms with Gasteiger partial charge in [-0.15, -0.1) is 0 Å². The SMILES string of the molecule is Cc1cc(Nc2cc(NC(COCc3ccccc3)C(N)=O)ccc2C(N)=O)sn1. The predicted octanol–water partition coefficient (Wildman–Crippen LogP) is 2.78. The number of nitrogens with two attached hydrogens (primary N) is 2. The van der Waals surface area contributed by atoms with E-state index in [9.17, 15) is 9.59 Å². The molecule has 0 saturated heterocycles. The van der Waals surface area contributed by atoms with Crippen LogP contribution in [0.2, 0.25) is 0 Å². The summed E-state index contributed by atoms with van der Waals surface area (Å²) in [4.78, 5) is 23.7. The number of primary amides is 2. The van der Waals surface area contributed by atoms with Crippen LogP contribution in [0.1, 0.15) is 21.6 Å². The standard InChI is InChI=1S/C21H23N5O3S/c1-13-9-19(30-26-13)25-17-10-15(7-8-16(17)20(22)27)24-18(21(23)28)12-29-11-14-5-3-2-4-6-14/h2-10,18,24-25H,11-12H2,1H3,(H2,22,27)(H2,23,28). The van der Waals surface area contributed by atoms with Gasteiger partial charge in [0.25, 0.3) is 5.91 Å². The molecule has 0 aliphatic heterocycles. The first-order valence-electron chi connectivity index (χ1n) is 9.24. The van der Waals surface area contributed by atoms with Crippen molar-refractivity contribution in [2.45, 2.75) is 19.6 Å². The van der Waals surface area contributed by atoms with Crippen molar-refractivity contribution >= 4 is 39.7 Å². The molecule has 0 bridgehead atoms. The highest BCUT2D eigenvalue weighted by Crippen LogP contribution is 2.27. The van der Waals surface area contributed by atoms with Gasteiger partial charge in [0, 0.05) is 5.69 Å². The maximum Gasteiger partial charge on any atom is 0.250 e. The third-order valence-electron chi connectivity index (χ3n) is 4.25. The Balaban J connectivity index is 1.71. The van der Waals surface area contributed by atoms with Gasteiger partial charge in [-0.3, -0.25) is 9.59 Å². The van der Waals surface area contributed by atoms with E-state index < -0.39 is 17.9 Å². The number of benzene rings is 2. The summed E-state index contributed by atoms with van der Waals surface area (Å²) in [6.45, 7) is 2.34. The van der Waals surface area contributed by atoms with Crippen molar-refractivity contribution in [1.29, 1.82) is 0 Å². The van der Waals surface area contributed by atoms with E-state index in [1.807, 2.05) is 43.3 Å². The molecule has 156 valence electrons. The third-order valence-corrected chi connectivity index (χ3v) is 5.05. The van der Waals surface area contributed by atoms with E-state index in [0.29, 0.717) is 23.5 Å². The van der Waals surface area contributed by atoms with Gasteiger partial charge in [0.1, 0.15) is 11.0 Å². The molecule has 0 saturated carbocycles. The van der Waals surface area contributed by atoms with Crippen molar-refractivity contribution in [3.8, 4) is 0 Å². The van der Waals surface area contributed by atoms with Crippen LogP contribution in [0.15, 0.2) is 54.6 Å². The maximum atomic E-state index is 11.9. The van der Waals surface area contributed by atoms with E-state index in [1.165, 1.54) is 11.5 Å². The molecule has 1 aromatic heterocycles. The Morgan fingerprint density at radius 2 is 1.90 bits per heavy atom. The van der Waals surface area contributed by atoms with Gasteiger partial charge < -0.3 is 26.8 Å². The van der Waals surface area contributed by atoms with Gasteiger partial charge in [-0.2, -0.15) is 4.37 Å². The lowest BCUT2D eigenvalue weighted by Gasteiger charge is -2.18. The van der Waals surface area contributed by atoms with Crippen LogP contribution < -0.4 is 22.1 Å². The number of hydrogen-bond acceptors (Lipinski definition) is 7. The summed E-state index contributed by atoms with van der Waals surface area (Å²) in [5, 5.41) is 6.98. The Morgan fingerprint density at radius 3 is 2.53 bits per heavy atom. The first-order valence-corrected chi connectivity index (χ1v) is 10.0. The summed E-state index contributed by atoms with van der Waals surface area (Å²) in [7, 11) is 0. The summed E-state index contributed by atoms with van der Waals surface area (Å²) < 4.78 is 9.86. The molecule has 1 heterocycles.